The van der Waals surface area contributed by atoms with Crippen molar-refractivity contribution in [3.05, 3.63) is 53.0 Å². The number of nitrogens with one attached hydrogen (secondary N) is 1. The Morgan fingerprint density at radius 1 is 1.26 bits per heavy atom. The minimum atomic E-state index is -3.91. The molecule has 0 spiro atoms. The quantitative estimate of drug-likeness (QED) is 0.937. The largest absolute Gasteiger partial charge is 0.465 e. The zero-order valence-electron chi connectivity index (χ0n) is 13.1. The predicted molar refractivity (Wildman–Crippen MR) is 85.6 cm³/mol. The van der Waals surface area contributed by atoms with Crippen LogP contribution in [-0.2, 0) is 21.2 Å². The number of carbonyl (C=O) groups is 1. The van der Waals surface area contributed by atoms with Crippen molar-refractivity contribution in [1.82, 2.24) is 4.72 Å². The SMILES string of the molecule is Cc1cc(S(=O)(=O)NC(=O)C2CCCc3ccccc32)c(C)o1. The molecule has 0 saturated carbocycles. The Morgan fingerprint density at radius 3 is 2.70 bits per heavy atom. The molecule has 0 radical (unpaired) electrons. The second kappa shape index (κ2) is 5.85. The van der Waals surface area contributed by atoms with Gasteiger partial charge in [-0.15, -0.1) is 0 Å². The Labute approximate surface area is 135 Å². The molecule has 122 valence electrons. The van der Waals surface area contributed by atoms with Crippen LogP contribution in [0.4, 0.5) is 0 Å². The van der Waals surface area contributed by atoms with Crippen LogP contribution in [0.15, 0.2) is 39.6 Å². The summed E-state index contributed by atoms with van der Waals surface area (Å²) < 4.78 is 32.3. The molecule has 1 N–H and O–H groups in total. The van der Waals surface area contributed by atoms with E-state index < -0.39 is 21.8 Å². The van der Waals surface area contributed by atoms with Crippen LogP contribution in [0.1, 0.15) is 41.4 Å². The van der Waals surface area contributed by atoms with Crippen molar-refractivity contribution in [3.63, 3.8) is 0 Å². The van der Waals surface area contributed by atoms with E-state index in [9.17, 15) is 13.2 Å². The van der Waals surface area contributed by atoms with Crippen molar-refractivity contribution in [2.24, 2.45) is 0 Å². The van der Waals surface area contributed by atoms with Crippen molar-refractivity contribution in [2.45, 2.75) is 43.9 Å². The molecule has 1 unspecified atom stereocenters. The Morgan fingerprint density at radius 2 is 2.00 bits per heavy atom. The van der Waals surface area contributed by atoms with E-state index in [4.69, 9.17) is 4.42 Å². The summed E-state index contributed by atoms with van der Waals surface area (Å²) in [5.41, 5.74) is 2.04. The van der Waals surface area contributed by atoms with Gasteiger partial charge in [-0.05, 0) is 44.2 Å². The summed E-state index contributed by atoms with van der Waals surface area (Å²) in [6, 6.07) is 9.14. The molecule has 6 heteroatoms. The number of carbonyl (C=O) groups excluding carboxylic acids is 1. The molecule has 1 amide bonds. The van der Waals surface area contributed by atoms with Crippen LogP contribution >= 0.6 is 0 Å². The molecule has 1 aromatic heterocycles. The Hall–Kier alpha value is -2.08. The minimum Gasteiger partial charge on any atom is -0.465 e. The lowest BCUT2D eigenvalue weighted by Crippen LogP contribution is -2.36. The summed E-state index contributed by atoms with van der Waals surface area (Å²) >= 11 is 0. The molecule has 0 bridgehead atoms. The first-order valence-corrected chi connectivity index (χ1v) is 9.08. The van der Waals surface area contributed by atoms with E-state index in [1.807, 2.05) is 24.3 Å². The maximum absolute atomic E-state index is 12.5. The molecule has 1 aromatic carbocycles. The highest BCUT2D eigenvalue weighted by molar-refractivity contribution is 7.90. The molecule has 1 heterocycles. The Bertz CT molecular complexity index is 851. The lowest BCUT2D eigenvalue weighted by Gasteiger charge is -2.24. The van der Waals surface area contributed by atoms with Gasteiger partial charge in [-0.2, -0.15) is 0 Å². The Kier molecular flexibility index (Phi) is 4.02. The zero-order chi connectivity index (χ0) is 16.6. The van der Waals surface area contributed by atoms with E-state index in [-0.39, 0.29) is 10.7 Å². The van der Waals surface area contributed by atoms with E-state index in [0.717, 1.165) is 24.0 Å². The van der Waals surface area contributed by atoms with Crippen LogP contribution in [0.5, 0.6) is 0 Å². The molecule has 23 heavy (non-hydrogen) atoms. The third-order valence-electron chi connectivity index (χ3n) is 4.21. The molecule has 0 aliphatic heterocycles. The van der Waals surface area contributed by atoms with Crippen LogP contribution in [0.2, 0.25) is 0 Å². The van der Waals surface area contributed by atoms with Crippen LogP contribution in [0, 0.1) is 13.8 Å². The van der Waals surface area contributed by atoms with Crippen molar-refractivity contribution >= 4 is 15.9 Å². The maximum Gasteiger partial charge on any atom is 0.267 e. The summed E-state index contributed by atoms with van der Waals surface area (Å²) in [6.07, 6.45) is 2.45. The number of fused-ring (bicyclic) bond motifs is 1. The van der Waals surface area contributed by atoms with Gasteiger partial charge in [0, 0.05) is 6.07 Å². The normalized spacial score (nSPS) is 17.6. The topological polar surface area (TPSA) is 76.4 Å². The maximum atomic E-state index is 12.5. The molecule has 1 aliphatic rings. The standard InChI is InChI=1S/C17H19NO4S/c1-11-10-16(12(2)22-11)23(20,21)18-17(19)15-9-5-7-13-6-3-4-8-14(13)15/h3-4,6,8,10,15H,5,7,9H2,1-2H3,(H,18,19). The highest BCUT2D eigenvalue weighted by atomic mass is 32.2. The van der Waals surface area contributed by atoms with Crippen LogP contribution < -0.4 is 4.72 Å². The zero-order valence-corrected chi connectivity index (χ0v) is 13.9. The molecule has 2 aromatic rings. The summed E-state index contributed by atoms with van der Waals surface area (Å²) in [7, 11) is -3.91. The molecule has 5 nitrogen and oxygen atoms in total. The number of sulfonamides is 1. The number of aryl methyl sites for hydroxylation is 3. The third kappa shape index (κ3) is 3.03. The van der Waals surface area contributed by atoms with Gasteiger partial charge in [0.1, 0.15) is 16.4 Å². The van der Waals surface area contributed by atoms with Gasteiger partial charge in [-0.25, -0.2) is 13.1 Å². The third-order valence-corrected chi connectivity index (χ3v) is 5.66. The van der Waals surface area contributed by atoms with Crippen molar-refractivity contribution in [3.8, 4) is 0 Å². The first-order chi connectivity index (χ1) is 10.9. The van der Waals surface area contributed by atoms with Gasteiger partial charge in [-0.3, -0.25) is 4.79 Å². The fourth-order valence-corrected chi connectivity index (χ4v) is 4.42. The van der Waals surface area contributed by atoms with Gasteiger partial charge in [0.2, 0.25) is 5.91 Å². The second-order valence-corrected chi connectivity index (χ2v) is 7.54. The van der Waals surface area contributed by atoms with Crippen molar-refractivity contribution < 1.29 is 17.6 Å². The number of furan rings is 1. The van der Waals surface area contributed by atoms with Gasteiger partial charge >= 0.3 is 0 Å². The van der Waals surface area contributed by atoms with Crippen molar-refractivity contribution in [2.75, 3.05) is 0 Å². The molecular weight excluding hydrogens is 314 g/mol. The molecule has 1 aliphatic carbocycles. The van der Waals surface area contributed by atoms with E-state index in [1.54, 1.807) is 13.8 Å². The van der Waals surface area contributed by atoms with E-state index in [2.05, 4.69) is 4.72 Å². The minimum absolute atomic E-state index is 0.0208. The van der Waals surface area contributed by atoms with Gasteiger partial charge in [0.15, 0.2) is 0 Å². The van der Waals surface area contributed by atoms with Crippen LogP contribution in [0.25, 0.3) is 0 Å². The Balaban J connectivity index is 1.87. The second-order valence-electron chi connectivity index (χ2n) is 5.89. The summed E-state index contributed by atoms with van der Waals surface area (Å²) in [6.45, 7) is 3.24. The van der Waals surface area contributed by atoms with Crippen LogP contribution in [-0.4, -0.2) is 14.3 Å². The smallest absolute Gasteiger partial charge is 0.267 e. The highest BCUT2D eigenvalue weighted by Crippen LogP contribution is 2.32. The van der Waals surface area contributed by atoms with Gasteiger partial charge in [-0.1, -0.05) is 24.3 Å². The first-order valence-electron chi connectivity index (χ1n) is 7.60. The highest BCUT2D eigenvalue weighted by Gasteiger charge is 2.30. The predicted octanol–water partition coefficient (Wildman–Crippen LogP) is 2.82. The van der Waals surface area contributed by atoms with E-state index >= 15 is 0 Å². The molecule has 1 atom stereocenters. The molecule has 3 rings (SSSR count). The fraction of sp³-hybridized carbons (Fsp3) is 0.353. The summed E-state index contributed by atoms with van der Waals surface area (Å²) in [4.78, 5) is 12.6. The van der Waals surface area contributed by atoms with E-state index in [0.29, 0.717) is 12.2 Å². The molecule has 0 fully saturated rings. The number of hydrogen-bond donors (Lipinski definition) is 1. The number of hydrogen-bond acceptors (Lipinski definition) is 4. The van der Waals surface area contributed by atoms with Gasteiger partial charge in [0.05, 0.1) is 5.92 Å². The summed E-state index contributed by atoms with van der Waals surface area (Å²) in [5, 5.41) is 0. The average Bonchev–Trinajstić information content (AvgIpc) is 2.86. The van der Waals surface area contributed by atoms with E-state index in [1.165, 1.54) is 6.07 Å². The lowest BCUT2D eigenvalue weighted by molar-refractivity contribution is -0.121. The average molecular weight is 333 g/mol. The fourth-order valence-electron chi connectivity index (χ4n) is 3.16. The molecule has 0 saturated heterocycles. The van der Waals surface area contributed by atoms with Gasteiger partial charge in [0.25, 0.3) is 10.0 Å². The molecular formula is C17H19NO4S. The lowest BCUT2D eigenvalue weighted by atomic mass is 9.82. The number of benzene rings is 1. The van der Waals surface area contributed by atoms with Gasteiger partial charge < -0.3 is 4.42 Å². The summed E-state index contributed by atoms with van der Waals surface area (Å²) in [5.74, 6) is -0.122. The monoisotopic (exact) mass is 333 g/mol. The van der Waals surface area contributed by atoms with Crippen molar-refractivity contribution in [1.29, 1.82) is 0 Å². The first kappa shape index (κ1) is 15.8. The van der Waals surface area contributed by atoms with Crippen LogP contribution in [0.3, 0.4) is 0 Å². The number of amides is 1. The number of rotatable bonds is 3.